The van der Waals surface area contributed by atoms with Crippen molar-refractivity contribution in [1.29, 1.82) is 0 Å². The average Bonchev–Trinajstić information content (AvgIpc) is 3.42. The molecule has 5 heteroatoms. The second-order valence-electron chi connectivity index (χ2n) is 7.65. The Morgan fingerprint density at radius 1 is 1.18 bits per heavy atom. The zero-order valence-electron chi connectivity index (χ0n) is 17.2. The molecule has 148 valence electrons. The first-order valence-electron chi connectivity index (χ1n) is 9.71. The predicted octanol–water partition coefficient (Wildman–Crippen LogP) is 4.64. The van der Waals surface area contributed by atoms with Gasteiger partial charge in [0, 0.05) is 29.2 Å². The van der Waals surface area contributed by atoms with E-state index in [0.717, 1.165) is 28.1 Å². The maximum absolute atomic E-state index is 12.4. The van der Waals surface area contributed by atoms with Crippen molar-refractivity contribution in [2.24, 2.45) is 0 Å². The zero-order chi connectivity index (χ0) is 20.4. The van der Waals surface area contributed by atoms with Gasteiger partial charge in [0.15, 0.2) is 6.10 Å². The van der Waals surface area contributed by atoms with E-state index >= 15 is 0 Å². The molecule has 1 aromatic heterocycles. The van der Waals surface area contributed by atoms with E-state index in [0.29, 0.717) is 6.04 Å². The topological polar surface area (TPSA) is 60.3 Å². The van der Waals surface area contributed by atoms with Gasteiger partial charge in [-0.3, -0.25) is 4.79 Å². The van der Waals surface area contributed by atoms with Gasteiger partial charge < -0.3 is 14.6 Å². The Labute approximate surface area is 166 Å². The Morgan fingerprint density at radius 3 is 2.57 bits per heavy atom. The monoisotopic (exact) mass is 380 g/mol. The van der Waals surface area contributed by atoms with E-state index in [1.807, 2.05) is 32.0 Å². The number of esters is 1. The molecule has 2 aromatic rings. The van der Waals surface area contributed by atoms with Crippen LogP contribution in [-0.2, 0) is 14.3 Å². The summed E-state index contributed by atoms with van der Waals surface area (Å²) in [5.74, 6) is -0.873. The van der Waals surface area contributed by atoms with Gasteiger partial charge in [0.1, 0.15) is 0 Å². The van der Waals surface area contributed by atoms with Gasteiger partial charge in [-0.2, -0.15) is 0 Å². The standard InChI is InChI=1S/C23H28N2O3/c1-14-6-7-15(2)21(12-14)24-23(27)18(5)28-22(26)11-8-19-13-16(3)25(17(19)4)20-9-10-20/h6-8,11-13,18,20H,9-10H2,1-5H3,(H,24,27)/b11-8+/t18-/m0/s1. The molecule has 1 saturated carbocycles. The van der Waals surface area contributed by atoms with Gasteiger partial charge in [0.2, 0.25) is 0 Å². The lowest BCUT2D eigenvalue weighted by atomic mass is 10.1. The van der Waals surface area contributed by atoms with Crippen molar-refractivity contribution in [3.8, 4) is 0 Å². The van der Waals surface area contributed by atoms with E-state index in [9.17, 15) is 9.59 Å². The highest BCUT2D eigenvalue weighted by atomic mass is 16.5. The number of benzene rings is 1. The van der Waals surface area contributed by atoms with Gasteiger partial charge in [-0.15, -0.1) is 0 Å². The van der Waals surface area contributed by atoms with E-state index in [1.165, 1.54) is 24.6 Å². The SMILES string of the molecule is Cc1ccc(C)c(NC(=O)[C@H](C)OC(=O)/C=C/c2cc(C)n(C3CC3)c2C)c1. The lowest BCUT2D eigenvalue weighted by Crippen LogP contribution is -2.29. The van der Waals surface area contributed by atoms with Crippen LogP contribution in [0.1, 0.15) is 53.9 Å². The molecule has 3 rings (SSSR count). The summed E-state index contributed by atoms with van der Waals surface area (Å²) in [5.41, 5.74) is 6.12. The second-order valence-corrected chi connectivity index (χ2v) is 7.65. The molecule has 1 aromatic carbocycles. The number of rotatable bonds is 6. The van der Waals surface area contributed by atoms with Crippen LogP contribution in [0.3, 0.4) is 0 Å². The maximum Gasteiger partial charge on any atom is 0.331 e. The zero-order valence-corrected chi connectivity index (χ0v) is 17.2. The van der Waals surface area contributed by atoms with E-state index in [1.54, 1.807) is 13.0 Å². The van der Waals surface area contributed by atoms with Crippen molar-refractivity contribution in [1.82, 2.24) is 4.57 Å². The van der Waals surface area contributed by atoms with Crippen molar-refractivity contribution in [3.63, 3.8) is 0 Å². The molecule has 5 nitrogen and oxygen atoms in total. The smallest absolute Gasteiger partial charge is 0.331 e. The molecule has 0 spiro atoms. The lowest BCUT2D eigenvalue weighted by molar-refractivity contribution is -0.148. The molecule has 1 amide bonds. The number of carbonyl (C=O) groups is 2. The molecule has 1 N–H and O–H groups in total. The van der Waals surface area contributed by atoms with Crippen LogP contribution in [0.5, 0.6) is 0 Å². The van der Waals surface area contributed by atoms with E-state index in [-0.39, 0.29) is 5.91 Å². The Bertz CT molecular complexity index is 936. The third-order valence-corrected chi connectivity index (χ3v) is 5.15. The Balaban J connectivity index is 1.59. The Morgan fingerprint density at radius 2 is 1.89 bits per heavy atom. The van der Waals surface area contributed by atoms with Gasteiger partial charge in [-0.25, -0.2) is 4.79 Å². The van der Waals surface area contributed by atoms with Crippen molar-refractivity contribution >= 4 is 23.6 Å². The molecule has 1 heterocycles. The number of aryl methyl sites for hydroxylation is 3. The second kappa shape index (κ2) is 8.05. The lowest BCUT2D eigenvalue weighted by Gasteiger charge is -2.14. The van der Waals surface area contributed by atoms with Crippen LogP contribution < -0.4 is 5.32 Å². The molecule has 0 bridgehead atoms. The molecule has 1 fully saturated rings. The first kappa shape index (κ1) is 19.9. The largest absolute Gasteiger partial charge is 0.449 e. The van der Waals surface area contributed by atoms with Crippen LogP contribution in [0.2, 0.25) is 0 Å². The van der Waals surface area contributed by atoms with Crippen LogP contribution in [0.15, 0.2) is 30.3 Å². The van der Waals surface area contributed by atoms with Crippen LogP contribution in [0.4, 0.5) is 5.69 Å². The maximum atomic E-state index is 12.4. The molecular formula is C23H28N2O3. The van der Waals surface area contributed by atoms with Crippen molar-refractivity contribution < 1.29 is 14.3 Å². The number of nitrogens with zero attached hydrogens (tertiary/aromatic N) is 1. The van der Waals surface area contributed by atoms with Crippen LogP contribution in [0, 0.1) is 27.7 Å². The third kappa shape index (κ3) is 4.53. The summed E-state index contributed by atoms with van der Waals surface area (Å²) in [7, 11) is 0. The van der Waals surface area contributed by atoms with Gasteiger partial charge in [0.25, 0.3) is 5.91 Å². The number of hydrogen-bond donors (Lipinski definition) is 1. The van der Waals surface area contributed by atoms with Crippen molar-refractivity contribution in [3.05, 3.63) is 58.4 Å². The number of anilines is 1. The number of ether oxygens (including phenoxy) is 1. The molecule has 1 aliphatic rings. The predicted molar refractivity (Wildman–Crippen MR) is 111 cm³/mol. The number of aromatic nitrogens is 1. The number of nitrogens with one attached hydrogen (secondary N) is 1. The molecule has 0 unspecified atom stereocenters. The Kier molecular flexibility index (Phi) is 5.73. The average molecular weight is 380 g/mol. The summed E-state index contributed by atoms with van der Waals surface area (Å²) in [6.45, 7) is 9.61. The summed E-state index contributed by atoms with van der Waals surface area (Å²) in [4.78, 5) is 24.5. The highest BCUT2D eigenvalue weighted by Gasteiger charge is 2.26. The molecule has 0 saturated heterocycles. The van der Waals surface area contributed by atoms with E-state index < -0.39 is 12.1 Å². The van der Waals surface area contributed by atoms with Gasteiger partial charge in [0.05, 0.1) is 0 Å². The molecule has 28 heavy (non-hydrogen) atoms. The van der Waals surface area contributed by atoms with Crippen LogP contribution >= 0.6 is 0 Å². The molecule has 0 aliphatic heterocycles. The minimum atomic E-state index is -0.879. The number of hydrogen-bond acceptors (Lipinski definition) is 3. The van der Waals surface area contributed by atoms with Crippen LogP contribution in [0.25, 0.3) is 6.08 Å². The first-order chi connectivity index (χ1) is 13.3. The van der Waals surface area contributed by atoms with Gasteiger partial charge in [-0.1, -0.05) is 12.1 Å². The fourth-order valence-electron chi connectivity index (χ4n) is 3.40. The fourth-order valence-corrected chi connectivity index (χ4v) is 3.40. The number of carbonyl (C=O) groups excluding carboxylic acids is 2. The molecular weight excluding hydrogens is 352 g/mol. The third-order valence-electron chi connectivity index (χ3n) is 5.15. The van der Waals surface area contributed by atoms with Crippen molar-refractivity contribution in [2.75, 3.05) is 5.32 Å². The summed E-state index contributed by atoms with van der Waals surface area (Å²) >= 11 is 0. The highest BCUT2D eigenvalue weighted by molar-refractivity contribution is 5.97. The van der Waals surface area contributed by atoms with E-state index in [4.69, 9.17) is 4.74 Å². The first-order valence-corrected chi connectivity index (χ1v) is 9.71. The molecule has 1 aliphatic carbocycles. The minimum Gasteiger partial charge on any atom is -0.449 e. The van der Waals surface area contributed by atoms with Gasteiger partial charge in [-0.05, 0) is 82.4 Å². The minimum absolute atomic E-state index is 0.345. The van der Waals surface area contributed by atoms with Crippen molar-refractivity contribution in [2.45, 2.75) is 59.6 Å². The molecule has 0 radical (unpaired) electrons. The Hall–Kier alpha value is -2.82. The summed E-state index contributed by atoms with van der Waals surface area (Å²) in [5, 5.41) is 2.83. The summed E-state index contributed by atoms with van der Waals surface area (Å²) < 4.78 is 7.59. The van der Waals surface area contributed by atoms with Crippen LogP contribution in [-0.4, -0.2) is 22.5 Å². The highest BCUT2D eigenvalue weighted by Crippen LogP contribution is 2.38. The van der Waals surface area contributed by atoms with Gasteiger partial charge >= 0.3 is 5.97 Å². The quantitative estimate of drug-likeness (QED) is 0.587. The molecule has 1 atom stereocenters. The van der Waals surface area contributed by atoms with E-state index in [2.05, 4.69) is 29.8 Å². The normalized spacial score (nSPS) is 14.9. The fraction of sp³-hybridized carbons (Fsp3) is 0.391. The summed E-state index contributed by atoms with van der Waals surface area (Å²) in [6, 6.07) is 8.51. The summed E-state index contributed by atoms with van der Waals surface area (Å²) in [6.07, 6.45) is 4.71. The number of amides is 1.